The van der Waals surface area contributed by atoms with Gasteiger partial charge < -0.3 is 15.4 Å². The molecular weight excluding hydrogens is 454 g/mol. The van der Waals surface area contributed by atoms with Crippen LogP contribution >= 0.6 is 0 Å². The van der Waals surface area contributed by atoms with Crippen molar-refractivity contribution in [2.24, 2.45) is 5.92 Å². The molecule has 1 aliphatic carbocycles. The molecule has 1 aromatic rings. The highest BCUT2D eigenvalue weighted by Gasteiger charge is 2.38. The zero-order chi connectivity index (χ0) is 26.9. The van der Waals surface area contributed by atoms with Crippen molar-refractivity contribution in [3.8, 4) is 12.5 Å². The van der Waals surface area contributed by atoms with E-state index in [4.69, 9.17) is 11.2 Å². The van der Waals surface area contributed by atoms with Crippen LogP contribution in [0.15, 0.2) is 30.8 Å². The van der Waals surface area contributed by atoms with Crippen molar-refractivity contribution < 1.29 is 19.1 Å². The first kappa shape index (κ1) is 29.0. The SMILES string of the molecule is C#CN(C(=O)C(NC(=O)OC(C)(C)C)C(C)CC)C(C(=O)NC1CCCCC1)c1cccc(C=C)c1. The van der Waals surface area contributed by atoms with Gasteiger partial charge in [0.25, 0.3) is 5.91 Å². The van der Waals surface area contributed by atoms with E-state index < -0.39 is 29.7 Å². The summed E-state index contributed by atoms with van der Waals surface area (Å²) in [5, 5.41) is 5.80. The largest absolute Gasteiger partial charge is 0.444 e. The molecule has 1 fully saturated rings. The number of hydrogen-bond donors (Lipinski definition) is 2. The molecule has 1 aromatic carbocycles. The number of carbonyl (C=O) groups is 3. The molecule has 0 aliphatic heterocycles. The summed E-state index contributed by atoms with van der Waals surface area (Å²) in [6, 6.07) is 7.70. The Morgan fingerprint density at radius 2 is 1.92 bits per heavy atom. The third-order valence-corrected chi connectivity index (χ3v) is 6.45. The van der Waals surface area contributed by atoms with Crippen LogP contribution in [0.25, 0.3) is 6.08 Å². The van der Waals surface area contributed by atoms with Crippen LogP contribution in [0.5, 0.6) is 0 Å². The van der Waals surface area contributed by atoms with Crippen LogP contribution in [0, 0.1) is 18.4 Å². The van der Waals surface area contributed by atoms with Gasteiger partial charge in [-0.3, -0.25) is 14.5 Å². The second kappa shape index (κ2) is 13.2. The van der Waals surface area contributed by atoms with Gasteiger partial charge in [0.05, 0.1) is 0 Å². The number of hydrogen-bond acceptors (Lipinski definition) is 4. The van der Waals surface area contributed by atoms with E-state index in [-0.39, 0.29) is 17.9 Å². The highest BCUT2D eigenvalue weighted by atomic mass is 16.6. The third kappa shape index (κ3) is 8.15. The molecule has 7 heteroatoms. The molecule has 7 nitrogen and oxygen atoms in total. The summed E-state index contributed by atoms with van der Waals surface area (Å²) in [6.45, 7) is 12.8. The summed E-state index contributed by atoms with van der Waals surface area (Å²) in [5.41, 5.74) is 0.650. The number of rotatable bonds is 9. The Balaban J connectivity index is 2.44. The van der Waals surface area contributed by atoms with Gasteiger partial charge in [-0.25, -0.2) is 4.79 Å². The number of ether oxygens (including phenoxy) is 1. The van der Waals surface area contributed by atoms with Crippen molar-refractivity contribution in [2.45, 2.75) is 96.9 Å². The minimum Gasteiger partial charge on any atom is -0.444 e. The molecule has 0 saturated heterocycles. The number of terminal acetylenes is 1. The molecule has 0 bridgehead atoms. The zero-order valence-electron chi connectivity index (χ0n) is 22.3. The molecule has 196 valence electrons. The van der Waals surface area contributed by atoms with E-state index >= 15 is 0 Å². The normalized spacial score (nSPS) is 16.6. The van der Waals surface area contributed by atoms with E-state index in [0.717, 1.165) is 42.6 Å². The molecule has 0 heterocycles. The third-order valence-electron chi connectivity index (χ3n) is 6.45. The van der Waals surface area contributed by atoms with E-state index in [1.54, 1.807) is 45.0 Å². The Kier molecular flexibility index (Phi) is 10.6. The van der Waals surface area contributed by atoms with Gasteiger partial charge in [-0.1, -0.05) is 76.8 Å². The lowest BCUT2D eigenvalue weighted by molar-refractivity contribution is -0.139. The summed E-state index contributed by atoms with van der Waals surface area (Å²) in [7, 11) is 0. The summed E-state index contributed by atoms with van der Waals surface area (Å²) in [6.07, 6.45) is 12.5. The average Bonchev–Trinajstić information content (AvgIpc) is 2.84. The first-order chi connectivity index (χ1) is 17.0. The molecule has 2 N–H and O–H groups in total. The average molecular weight is 496 g/mol. The standard InChI is InChI=1S/C29H41N3O4/c1-8-20(4)24(31-28(35)36-29(5,6)7)27(34)32(10-3)25(22-16-14-15-21(9-2)19-22)26(33)30-23-17-12-11-13-18-23/h3,9,14-16,19-20,23-25H,2,8,11-13,17-18H2,1,4-7H3,(H,30,33)(H,31,35). The van der Waals surface area contributed by atoms with Gasteiger partial charge >= 0.3 is 6.09 Å². The summed E-state index contributed by atoms with van der Waals surface area (Å²) in [4.78, 5) is 41.2. The predicted molar refractivity (Wildman–Crippen MR) is 143 cm³/mol. The van der Waals surface area contributed by atoms with Crippen LogP contribution < -0.4 is 10.6 Å². The molecule has 0 radical (unpaired) electrons. The summed E-state index contributed by atoms with van der Waals surface area (Å²) < 4.78 is 5.39. The van der Waals surface area contributed by atoms with Crippen LogP contribution in [0.2, 0.25) is 0 Å². The van der Waals surface area contributed by atoms with E-state index in [9.17, 15) is 14.4 Å². The fourth-order valence-electron chi connectivity index (χ4n) is 4.33. The van der Waals surface area contributed by atoms with Crippen LogP contribution in [0.3, 0.4) is 0 Å². The first-order valence-corrected chi connectivity index (χ1v) is 12.8. The van der Waals surface area contributed by atoms with Gasteiger partial charge in [-0.05, 0) is 56.7 Å². The molecule has 3 amide bonds. The van der Waals surface area contributed by atoms with Gasteiger partial charge in [-0.2, -0.15) is 0 Å². The van der Waals surface area contributed by atoms with Gasteiger partial charge in [0.1, 0.15) is 17.7 Å². The van der Waals surface area contributed by atoms with Gasteiger partial charge in [0.2, 0.25) is 5.91 Å². The van der Waals surface area contributed by atoms with Crippen LogP contribution in [0.4, 0.5) is 4.79 Å². The predicted octanol–water partition coefficient (Wildman–Crippen LogP) is 5.18. The Hall–Kier alpha value is -3.27. The van der Waals surface area contributed by atoms with Crippen LogP contribution in [-0.4, -0.2) is 40.5 Å². The lowest BCUT2D eigenvalue weighted by Crippen LogP contribution is -2.54. The fourth-order valence-corrected chi connectivity index (χ4v) is 4.33. The molecule has 0 spiro atoms. The van der Waals surface area contributed by atoms with Gasteiger partial charge in [0, 0.05) is 12.1 Å². The Morgan fingerprint density at radius 1 is 1.25 bits per heavy atom. The van der Waals surface area contributed by atoms with E-state index in [1.165, 1.54) is 0 Å². The van der Waals surface area contributed by atoms with Crippen molar-refractivity contribution in [1.82, 2.24) is 15.5 Å². The fraction of sp³-hybridized carbons (Fsp3) is 0.552. The second-order valence-electron chi connectivity index (χ2n) is 10.5. The number of benzene rings is 1. The van der Waals surface area contributed by atoms with Crippen molar-refractivity contribution in [3.05, 3.63) is 42.0 Å². The second-order valence-corrected chi connectivity index (χ2v) is 10.5. The molecule has 3 unspecified atom stereocenters. The van der Waals surface area contributed by atoms with Crippen LogP contribution in [-0.2, 0) is 14.3 Å². The van der Waals surface area contributed by atoms with Crippen molar-refractivity contribution in [1.29, 1.82) is 0 Å². The maximum Gasteiger partial charge on any atom is 0.408 e. The molecule has 36 heavy (non-hydrogen) atoms. The van der Waals surface area contributed by atoms with Crippen molar-refractivity contribution >= 4 is 24.0 Å². The zero-order valence-corrected chi connectivity index (χ0v) is 22.3. The summed E-state index contributed by atoms with van der Waals surface area (Å²) >= 11 is 0. The molecule has 1 aliphatic rings. The highest BCUT2D eigenvalue weighted by molar-refractivity contribution is 5.93. The Labute approximate surface area is 216 Å². The lowest BCUT2D eigenvalue weighted by Gasteiger charge is -2.33. The number of nitrogens with one attached hydrogen (secondary N) is 2. The lowest BCUT2D eigenvalue weighted by atomic mass is 9.93. The Morgan fingerprint density at radius 3 is 2.47 bits per heavy atom. The minimum atomic E-state index is -1.06. The van der Waals surface area contributed by atoms with Crippen molar-refractivity contribution in [2.75, 3.05) is 0 Å². The van der Waals surface area contributed by atoms with E-state index in [2.05, 4.69) is 23.3 Å². The van der Waals surface area contributed by atoms with Gasteiger partial charge in [0.15, 0.2) is 0 Å². The quantitative estimate of drug-likeness (QED) is 0.365. The van der Waals surface area contributed by atoms with Crippen LogP contribution in [0.1, 0.15) is 90.3 Å². The minimum absolute atomic E-state index is 0.0383. The maximum absolute atomic E-state index is 13.9. The topological polar surface area (TPSA) is 87.7 Å². The monoisotopic (exact) mass is 495 g/mol. The smallest absolute Gasteiger partial charge is 0.408 e. The Bertz CT molecular complexity index is 969. The number of carbonyl (C=O) groups excluding carboxylic acids is 3. The molecule has 1 saturated carbocycles. The summed E-state index contributed by atoms with van der Waals surface area (Å²) in [5.74, 6) is -1.12. The maximum atomic E-state index is 13.9. The highest BCUT2D eigenvalue weighted by Crippen LogP contribution is 2.26. The molecule has 0 aromatic heterocycles. The number of amides is 3. The van der Waals surface area contributed by atoms with E-state index in [0.29, 0.717) is 12.0 Å². The van der Waals surface area contributed by atoms with Crippen molar-refractivity contribution in [3.63, 3.8) is 0 Å². The van der Waals surface area contributed by atoms with E-state index in [1.807, 2.05) is 19.9 Å². The first-order valence-electron chi connectivity index (χ1n) is 12.8. The van der Waals surface area contributed by atoms with Gasteiger partial charge in [-0.15, -0.1) is 0 Å². The molecule has 3 atom stereocenters. The number of alkyl carbamates (subject to hydrolysis) is 1. The molecular formula is C29H41N3O4. The number of nitrogens with zero attached hydrogens (tertiary/aromatic N) is 1. The molecule has 2 rings (SSSR count).